The summed E-state index contributed by atoms with van der Waals surface area (Å²) in [6, 6.07) is 4.03. The molecule has 1 aromatic rings. The second-order valence-corrected chi connectivity index (χ2v) is 5.16. The van der Waals surface area contributed by atoms with E-state index in [1.165, 1.54) is 25.7 Å². The highest BCUT2D eigenvalue weighted by Crippen LogP contribution is 2.37. The van der Waals surface area contributed by atoms with Crippen LogP contribution in [-0.4, -0.2) is 12.1 Å². The lowest BCUT2D eigenvalue weighted by Crippen LogP contribution is -2.26. The third-order valence-corrected chi connectivity index (χ3v) is 3.84. The van der Waals surface area contributed by atoms with Crippen molar-refractivity contribution in [3.05, 3.63) is 23.9 Å². The van der Waals surface area contributed by atoms with Gasteiger partial charge in [-0.25, -0.2) is 4.98 Å². The summed E-state index contributed by atoms with van der Waals surface area (Å²) in [6.07, 6.45) is 6.83. The SMILES string of the molecule is COc1ncccc1C(N)C1CCCC(C)C1. The van der Waals surface area contributed by atoms with Gasteiger partial charge in [0, 0.05) is 17.8 Å². The standard InChI is InChI=1S/C14H22N2O/c1-10-5-3-6-11(9-10)13(15)12-7-4-8-16-14(12)17-2/h4,7-8,10-11,13H,3,5-6,9,15H2,1-2H3. The van der Waals surface area contributed by atoms with Gasteiger partial charge in [-0.3, -0.25) is 0 Å². The highest BCUT2D eigenvalue weighted by Gasteiger charge is 2.27. The fourth-order valence-corrected chi connectivity index (χ4v) is 2.89. The molecule has 3 unspecified atom stereocenters. The fraction of sp³-hybridized carbons (Fsp3) is 0.643. The van der Waals surface area contributed by atoms with E-state index < -0.39 is 0 Å². The monoisotopic (exact) mass is 234 g/mol. The van der Waals surface area contributed by atoms with Crippen LogP contribution in [0, 0.1) is 11.8 Å². The molecular weight excluding hydrogens is 212 g/mol. The van der Waals surface area contributed by atoms with E-state index in [1.54, 1.807) is 13.3 Å². The molecule has 94 valence electrons. The van der Waals surface area contributed by atoms with Gasteiger partial charge in [-0.2, -0.15) is 0 Å². The van der Waals surface area contributed by atoms with Crippen LogP contribution < -0.4 is 10.5 Å². The van der Waals surface area contributed by atoms with Crippen molar-refractivity contribution in [1.29, 1.82) is 0 Å². The Kier molecular flexibility index (Phi) is 4.00. The molecule has 0 spiro atoms. The first-order valence-corrected chi connectivity index (χ1v) is 6.47. The summed E-state index contributed by atoms with van der Waals surface area (Å²) in [5, 5.41) is 0. The molecule has 0 aliphatic heterocycles. The minimum absolute atomic E-state index is 0.0569. The second kappa shape index (κ2) is 5.50. The van der Waals surface area contributed by atoms with Crippen molar-refractivity contribution in [2.75, 3.05) is 7.11 Å². The Labute approximate surface area is 103 Å². The number of pyridine rings is 1. The topological polar surface area (TPSA) is 48.1 Å². The van der Waals surface area contributed by atoms with Gasteiger partial charge in [0.1, 0.15) is 0 Å². The molecule has 3 heteroatoms. The van der Waals surface area contributed by atoms with Crippen LogP contribution in [0.3, 0.4) is 0 Å². The molecule has 2 N–H and O–H groups in total. The third-order valence-electron chi connectivity index (χ3n) is 3.84. The van der Waals surface area contributed by atoms with Gasteiger partial charge in [0.2, 0.25) is 5.88 Å². The zero-order chi connectivity index (χ0) is 12.3. The van der Waals surface area contributed by atoms with Crippen LogP contribution in [0.25, 0.3) is 0 Å². The quantitative estimate of drug-likeness (QED) is 0.874. The Bertz CT molecular complexity index is 367. The van der Waals surface area contributed by atoms with Gasteiger partial charge in [0.15, 0.2) is 0 Å². The van der Waals surface area contributed by atoms with Crippen LogP contribution in [0.4, 0.5) is 0 Å². The highest BCUT2D eigenvalue weighted by molar-refractivity contribution is 5.29. The van der Waals surface area contributed by atoms with Crippen LogP contribution in [0.15, 0.2) is 18.3 Å². The molecule has 17 heavy (non-hydrogen) atoms. The summed E-state index contributed by atoms with van der Waals surface area (Å²) in [5.74, 6) is 2.04. The predicted octanol–water partition coefficient (Wildman–Crippen LogP) is 2.92. The van der Waals surface area contributed by atoms with Gasteiger partial charge in [0.25, 0.3) is 0 Å². The Balaban J connectivity index is 2.15. The van der Waals surface area contributed by atoms with E-state index in [0.29, 0.717) is 11.8 Å². The van der Waals surface area contributed by atoms with Crippen molar-refractivity contribution in [2.24, 2.45) is 17.6 Å². The van der Waals surface area contributed by atoms with Crippen molar-refractivity contribution in [3.8, 4) is 5.88 Å². The van der Waals surface area contributed by atoms with Crippen molar-refractivity contribution in [2.45, 2.75) is 38.6 Å². The van der Waals surface area contributed by atoms with Crippen molar-refractivity contribution >= 4 is 0 Å². The molecule has 1 aliphatic carbocycles. The Morgan fingerprint density at radius 3 is 3.00 bits per heavy atom. The molecule has 1 saturated carbocycles. The molecule has 0 bridgehead atoms. The smallest absolute Gasteiger partial charge is 0.217 e. The maximum absolute atomic E-state index is 6.39. The van der Waals surface area contributed by atoms with Gasteiger partial charge < -0.3 is 10.5 Å². The number of ether oxygens (including phenoxy) is 1. The molecule has 1 heterocycles. The predicted molar refractivity (Wildman–Crippen MR) is 68.8 cm³/mol. The zero-order valence-corrected chi connectivity index (χ0v) is 10.7. The fourth-order valence-electron chi connectivity index (χ4n) is 2.89. The number of methoxy groups -OCH3 is 1. The molecule has 3 nitrogen and oxygen atoms in total. The second-order valence-electron chi connectivity index (χ2n) is 5.16. The number of hydrogen-bond donors (Lipinski definition) is 1. The summed E-state index contributed by atoms with van der Waals surface area (Å²) in [5.41, 5.74) is 7.44. The summed E-state index contributed by atoms with van der Waals surface area (Å²) in [6.45, 7) is 2.32. The highest BCUT2D eigenvalue weighted by atomic mass is 16.5. The molecule has 1 fully saturated rings. The summed E-state index contributed by atoms with van der Waals surface area (Å²) in [4.78, 5) is 4.23. The van der Waals surface area contributed by atoms with Gasteiger partial charge in [-0.15, -0.1) is 0 Å². The normalized spacial score (nSPS) is 26.5. The summed E-state index contributed by atoms with van der Waals surface area (Å²) >= 11 is 0. The van der Waals surface area contributed by atoms with Crippen molar-refractivity contribution in [1.82, 2.24) is 4.98 Å². The minimum Gasteiger partial charge on any atom is -0.481 e. The zero-order valence-electron chi connectivity index (χ0n) is 10.7. The lowest BCUT2D eigenvalue weighted by molar-refractivity contribution is 0.244. The van der Waals surface area contributed by atoms with E-state index in [1.807, 2.05) is 12.1 Å². The number of nitrogens with two attached hydrogens (primary N) is 1. The molecule has 0 saturated heterocycles. The van der Waals surface area contributed by atoms with Gasteiger partial charge in [0.05, 0.1) is 7.11 Å². The first-order valence-electron chi connectivity index (χ1n) is 6.47. The molecule has 0 aromatic carbocycles. The molecular formula is C14H22N2O. The van der Waals surface area contributed by atoms with Crippen LogP contribution >= 0.6 is 0 Å². The molecule has 3 atom stereocenters. The van der Waals surface area contributed by atoms with Gasteiger partial charge >= 0.3 is 0 Å². The number of hydrogen-bond acceptors (Lipinski definition) is 3. The number of rotatable bonds is 3. The maximum Gasteiger partial charge on any atom is 0.217 e. The molecule has 1 aliphatic rings. The van der Waals surface area contributed by atoms with Gasteiger partial charge in [-0.05, 0) is 30.7 Å². The first-order chi connectivity index (χ1) is 8.22. The van der Waals surface area contributed by atoms with E-state index in [4.69, 9.17) is 10.5 Å². The molecule has 0 amide bonds. The maximum atomic E-state index is 6.39. The van der Waals surface area contributed by atoms with Crippen LogP contribution in [-0.2, 0) is 0 Å². The van der Waals surface area contributed by atoms with Crippen LogP contribution in [0.2, 0.25) is 0 Å². The summed E-state index contributed by atoms with van der Waals surface area (Å²) < 4.78 is 5.29. The average molecular weight is 234 g/mol. The minimum atomic E-state index is 0.0569. The van der Waals surface area contributed by atoms with E-state index in [2.05, 4.69) is 11.9 Å². The Hall–Kier alpha value is -1.09. The third kappa shape index (κ3) is 2.78. The van der Waals surface area contributed by atoms with E-state index >= 15 is 0 Å². The summed E-state index contributed by atoms with van der Waals surface area (Å²) in [7, 11) is 1.65. The molecule has 1 aromatic heterocycles. The number of nitrogens with zero attached hydrogens (tertiary/aromatic N) is 1. The van der Waals surface area contributed by atoms with Gasteiger partial charge in [-0.1, -0.05) is 25.8 Å². The lowest BCUT2D eigenvalue weighted by Gasteiger charge is -2.31. The van der Waals surface area contributed by atoms with E-state index in [-0.39, 0.29) is 6.04 Å². The largest absolute Gasteiger partial charge is 0.481 e. The lowest BCUT2D eigenvalue weighted by atomic mass is 9.77. The van der Waals surface area contributed by atoms with Crippen molar-refractivity contribution in [3.63, 3.8) is 0 Å². The van der Waals surface area contributed by atoms with Crippen molar-refractivity contribution < 1.29 is 4.74 Å². The first kappa shape index (κ1) is 12.4. The number of aromatic nitrogens is 1. The Morgan fingerprint density at radius 1 is 1.47 bits per heavy atom. The molecule has 0 radical (unpaired) electrons. The van der Waals surface area contributed by atoms with E-state index in [0.717, 1.165) is 11.5 Å². The van der Waals surface area contributed by atoms with Crippen LogP contribution in [0.1, 0.15) is 44.2 Å². The molecule has 2 rings (SSSR count). The van der Waals surface area contributed by atoms with Crippen LogP contribution in [0.5, 0.6) is 5.88 Å². The van der Waals surface area contributed by atoms with E-state index in [9.17, 15) is 0 Å². The average Bonchev–Trinajstić information content (AvgIpc) is 2.38. The Morgan fingerprint density at radius 2 is 2.29 bits per heavy atom.